The second kappa shape index (κ2) is 5.69. The molecule has 1 aromatic heterocycles. The predicted molar refractivity (Wildman–Crippen MR) is 68.6 cm³/mol. The number of pyridine rings is 1. The summed E-state index contributed by atoms with van der Waals surface area (Å²) in [6, 6.07) is 3.06. The smallest absolute Gasteiger partial charge is 0.444 e. The van der Waals surface area contributed by atoms with Crippen LogP contribution in [0.5, 0.6) is 0 Å². The molecule has 0 radical (unpaired) electrons. The maximum Gasteiger partial charge on any atom is 0.493 e. The molecule has 0 saturated carbocycles. The van der Waals surface area contributed by atoms with E-state index in [1.807, 2.05) is 0 Å². The molecule has 100 valence electrons. The van der Waals surface area contributed by atoms with Gasteiger partial charge in [0.2, 0.25) is 0 Å². The van der Waals surface area contributed by atoms with Gasteiger partial charge in [-0.15, -0.1) is 0 Å². The SMILES string of the molecule is CC(C)(C)OC(=O)Nc1ccnc(C#N)c1B(O)O. The van der Waals surface area contributed by atoms with Gasteiger partial charge in [0.05, 0.1) is 0 Å². The van der Waals surface area contributed by atoms with Crippen LogP contribution in [-0.4, -0.2) is 33.8 Å². The Morgan fingerprint density at radius 2 is 2.16 bits per heavy atom. The minimum absolute atomic E-state index is 0.0656. The molecule has 1 amide bonds. The molecule has 0 aromatic carbocycles. The number of hydrogen-bond donors (Lipinski definition) is 3. The minimum atomic E-state index is -1.92. The number of carbonyl (C=O) groups is 1. The van der Waals surface area contributed by atoms with Crippen LogP contribution in [-0.2, 0) is 4.74 Å². The lowest BCUT2D eigenvalue weighted by Gasteiger charge is -2.20. The molecule has 1 rings (SSSR count). The van der Waals surface area contributed by atoms with E-state index < -0.39 is 18.8 Å². The zero-order chi connectivity index (χ0) is 14.6. The van der Waals surface area contributed by atoms with Crippen LogP contribution in [0.25, 0.3) is 0 Å². The van der Waals surface area contributed by atoms with Crippen LogP contribution in [0.3, 0.4) is 0 Å². The number of nitrogens with one attached hydrogen (secondary N) is 1. The van der Waals surface area contributed by atoms with E-state index in [1.54, 1.807) is 26.8 Å². The number of hydrogen-bond acceptors (Lipinski definition) is 6. The van der Waals surface area contributed by atoms with E-state index in [-0.39, 0.29) is 16.8 Å². The second-order valence-electron chi connectivity index (χ2n) is 4.73. The average Bonchev–Trinajstić information content (AvgIpc) is 2.25. The summed E-state index contributed by atoms with van der Waals surface area (Å²) in [7, 11) is -1.92. The zero-order valence-electron chi connectivity index (χ0n) is 10.8. The third kappa shape index (κ3) is 4.24. The lowest BCUT2D eigenvalue weighted by molar-refractivity contribution is 0.0636. The van der Waals surface area contributed by atoms with Crippen molar-refractivity contribution >= 4 is 24.4 Å². The Morgan fingerprint density at radius 3 is 2.63 bits per heavy atom. The van der Waals surface area contributed by atoms with Gasteiger partial charge in [-0.2, -0.15) is 5.26 Å². The summed E-state index contributed by atoms with van der Waals surface area (Å²) in [5, 5.41) is 29.7. The largest absolute Gasteiger partial charge is 0.493 e. The molecule has 0 aliphatic rings. The first-order valence-electron chi connectivity index (χ1n) is 5.49. The van der Waals surface area contributed by atoms with Gasteiger partial charge in [0.15, 0.2) is 0 Å². The molecule has 0 atom stereocenters. The number of nitrogens with zero attached hydrogens (tertiary/aromatic N) is 2. The van der Waals surface area contributed by atoms with Gasteiger partial charge in [-0.05, 0) is 26.8 Å². The summed E-state index contributed by atoms with van der Waals surface area (Å²) in [6.45, 7) is 5.09. The number of amides is 1. The monoisotopic (exact) mass is 263 g/mol. The van der Waals surface area contributed by atoms with E-state index in [0.717, 1.165) is 0 Å². The first kappa shape index (κ1) is 15.0. The number of carbonyl (C=O) groups excluding carboxylic acids is 1. The maximum atomic E-state index is 11.6. The van der Waals surface area contributed by atoms with Crippen molar-refractivity contribution in [2.45, 2.75) is 26.4 Å². The van der Waals surface area contributed by atoms with Crippen LogP contribution in [0, 0.1) is 11.3 Å². The Morgan fingerprint density at radius 1 is 1.53 bits per heavy atom. The number of anilines is 1. The van der Waals surface area contributed by atoms with Crippen LogP contribution in [0.4, 0.5) is 10.5 Å². The fourth-order valence-electron chi connectivity index (χ4n) is 1.35. The number of rotatable bonds is 2. The standard InChI is InChI=1S/C11H14BN3O4/c1-11(2,3)19-10(16)15-7-4-5-14-8(6-13)9(7)12(17)18/h4-5,17-18H,1-3H3,(H,14,15,16). The quantitative estimate of drug-likeness (QED) is 0.646. The Hall–Kier alpha value is -2.11. The Labute approximate surface area is 111 Å². The summed E-state index contributed by atoms with van der Waals surface area (Å²) in [5.41, 5.74) is -0.970. The summed E-state index contributed by atoms with van der Waals surface area (Å²) in [5.74, 6) is 0. The van der Waals surface area contributed by atoms with Crippen molar-refractivity contribution in [3.8, 4) is 6.07 Å². The molecule has 3 N–H and O–H groups in total. The highest BCUT2D eigenvalue weighted by atomic mass is 16.6. The topological polar surface area (TPSA) is 115 Å². The van der Waals surface area contributed by atoms with E-state index in [0.29, 0.717) is 0 Å². The van der Waals surface area contributed by atoms with Crippen LogP contribution in [0.1, 0.15) is 26.5 Å². The predicted octanol–water partition coefficient (Wildman–Crippen LogP) is -0.0199. The van der Waals surface area contributed by atoms with Crippen LogP contribution < -0.4 is 10.8 Å². The second-order valence-corrected chi connectivity index (χ2v) is 4.73. The lowest BCUT2D eigenvalue weighted by atomic mass is 9.78. The fourth-order valence-corrected chi connectivity index (χ4v) is 1.35. The van der Waals surface area contributed by atoms with Crippen molar-refractivity contribution in [2.75, 3.05) is 5.32 Å². The first-order chi connectivity index (χ1) is 8.74. The number of nitriles is 1. The molecule has 0 aliphatic carbocycles. The molecule has 0 spiro atoms. The molecule has 8 heteroatoms. The van der Waals surface area contributed by atoms with Gasteiger partial charge in [-0.1, -0.05) is 0 Å². The summed E-state index contributed by atoms with van der Waals surface area (Å²) in [6.07, 6.45) is 0.515. The Balaban J connectivity index is 3.02. The van der Waals surface area contributed by atoms with Gasteiger partial charge in [0.25, 0.3) is 0 Å². The minimum Gasteiger partial charge on any atom is -0.444 e. The average molecular weight is 263 g/mol. The maximum absolute atomic E-state index is 11.6. The van der Waals surface area contributed by atoms with Gasteiger partial charge >= 0.3 is 13.2 Å². The van der Waals surface area contributed by atoms with Gasteiger partial charge in [-0.25, -0.2) is 9.78 Å². The molecular weight excluding hydrogens is 249 g/mol. The van der Waals surface area contributed by atoms with Crippen LogP contribution >= 0.6 is 0 Å². The van der Waals surface area contributed by atoms with Crippen molar-refractivity contribution in [2.24, 2.45) is 0 Å². The fraction of sp³-hybridized carbons (Fsp3) is 0.364. The van der Waals surface area contributed by atoms with E-state index in [9.17, 15) is 14.8 Å². The van der Waals surface area contributed by atoms with Crippen molar-refractivity contribution in [3.05, 3.63) is 18.0 Å². The zero-order valence-corrected chi connectivity index (χ0v) is 10.8. The van der Waals surface area contributed by atoms with Crippen molar-refractivity contribution in [1.82, 2.24) is 4.98 Å². The molecule has 0 aliphatic heterocycles. The van der Waals surface area contributed by atoms with Gasteiger partial charge in [0, 0.05) is 17.3 Å². The highest BCUT2D eigenvalue weighted by Gasteiger charge is 2.24. The van der Waals surface area contributed by atoms with Gasteiger partial charge in [0.1, 0.15) is 17.4 Å². The molecule has 0 fully saturated rings. The highest BCUT2D eigenvalue weighted by Crippen LogP contribution is 2.11. The molecule has 0 unspecified atom stereocenters. The van der Waals surface area contributed by atoms with Crippen molar-refractivity contribution in [3.63, 3.8) is 0 Å². The molecule has 7 nitrogen and oxygen atoms in total. The van der Waals surface area contributed by atoms with E-state index in [2.05, 4.69) is 10.3 Å². The normalized spacial score (nSPS) is 10.5. The van der Waals surface area contributed by atoms with E-state index >= 15 is 0 Å². The number of aromatic nitrogens is 1. The highest BCUT2D eigenvalue weighted by molar-refractivity contribution is 6.61. The number of ether oxygens (including phenoxy) is 1. The first-order valence-corrected chi connectivity index (χ1v) is 5.49. The summed E-state index contributed by atoms with van der Waals surface area (Å²) < 4.78 is 5.03. The summed E-state index contributed by atoms with van der Waals surface area (Å²) >= 11 is 0. The van der Waals surface area contributed by atoms with Gasteiger partial charge < -0.3 is 14.8 Å². The van der Waals surface area contributed by atoms with Crippen molar-refractivity contribution < 1.29 is 19.6 Å². The third-order valence-corrected chi connectivity index (χ3v) is 1.99. The molecule has 19 heavy (non-hydrogen) atoms. The van der Waals surface area contributed by atoms with Crippen LogP contribution in [0.15, 0.2) is 12.3 Å². The van der Waals surface area contributed by atoms with Crippen molar-refractivity contribution in [1.29, 1.82) is 5.26 Å². The van der Waals surface area contributed by atoms with E-state index in [1.165, 1.54) is 12.3 Å². The Bertz CT molecular complexity index is 520. The third-order valence-electron chi connectivity index (χ3n) is 1.99. The molecule has 1 heterocycles. The van der Waals surface area contributed by atoms with E-state index in [4.69, 9.17) is 10.00 Å². The lowest BCUT2D eigenvalue weighted by Crippen LogP contribution is -2.37. The molecule has 0 saturated heterocycles. The molecular formula is C11H14BN3O4. The molecule has 0 bridgehead atoms. The van der Waals surface area contributed by atoms with Crippen LogP contribution in [0.2, 0.25) is 0 Å². The summed E-state index contributed by atoms with van der Waals surface area (Å²) in [4.78, 5) is 15.3. The van der Waals surface area contributed by atoms with Gasteiger partial charge in [-0.3, -0.25) is 5.32 Å². The Kier molecular flexibility index (Phi) is 4.48. The molecule has 1 aromatic rings.